The number of allylic oxidation sites excluding steroid dienone is 1. The highest BCUT2D eigenvalue weighted by molar-refractivity contribution is 7.84. The highest BCUT2D eigenvalue weighted by atomic mass is 32.2. The lowest BCUT2D eigenvalue weighted by atomic mass is 10.0. The van der Waals surface area contributed by atoms with Crippen LogP contribution in [0.5, 0.6) is 5.75 Å². The van der Waals surface area contributed by atoms with E-state index in [1.54, 1.807) is 36.6 Å². The van der Waals surface area contributed by atoms with Gasteiger partial charge in [0.2, 0.25) is 0 Å². The normalized spacial score (nSPS) is 12.5. The zero-order valence-electron chi connectivity index (χ0n) is 12.8. The predicted octanol–water partition coefficient (Wildman–Crippen LogP) is 3.64. The molecule has 0 fully saturated rings. The number of carbonyl (C=O) groups is 1. The second kappa shape index (κ2) is 6.71. The van der Waals surface area contributed by atoms with Crippen molar-refractivity contribution in [2.45, 2.75) is 18.7 Å². The second-order valence-corrected chi connectivity index (χ2v) is 6.56. The van der Waals surface area contributed by atoms with Crippen LogP contribution in [0, 0.1) is 13.8 Å². The van der Waals surface area contributed by atoms with E-state index in [4.69, 9.17) is 0 Å². The van der Waals surface area contributed by atoms with E-state index >= 15 is 0 Å². The Balaban J connectivity index is 2.19. The van der Waals surface area contributed by atoms with E-state index < -0.39 is 10.8 Å². The van der Waals surface area contributed by atoms with Crippen LogP contribution < -0.4 is 0 Å². The summed E-state index contributed by atoms with van der Waals surface area (Å²) in [5.74, 6) is 0.170. The largest absolute Gasteiger partial charge is 0.507 e. The van der Waals surface area contributed by atoms with Crippen LogP contribution >= 0.6 is 0 Å². The maximum Gasteiger partial charge on any atom is 0.185 e. The molecule has 0 spiro atoms. The summed E-state index contributed by atoms with van der Waals surface area (Å²) in [4.78, 5) is 12.8. The van der Waals surface area contributed by atoms with Crippen LogP contribution in [0.2, 0.25) is 0 Å². The molecule has 3 nitrogen and oxygen atoms in total. The zero-order chi connectivity index (χ0) is 16.3. The molecule has 0 aliphatic carbocycles. The number of carbonyl (C=O) groups excluding carboxylic acids is 1. The van der Waals surface area contributed by atoms with Gasteiger partial charge in [0.25, 0.3) is 0 Å². The van der Waals surface area contributed by atoms with Gasteiger partial charge in [-0.2, -0.15) is 0 Å². The molecule has 0 aliphatic heterocycles. The molecular formula is C18H18O3S. The maximum absolute atomic E-state index is 12.1. The Labute approximate surface area is 132 Å². The van der Waals surface area contributed by atoms with Crippen molar-refractivity contribution in [3.8, 4) is 5.75 Å². The summed E-state index contributed by atoms with van der Waals surface area (Å²) in [6, 6.07) is 10.4. The lowest BCUT2D eigenvalue weighted by Crippen LogP contribution is -1.95. The molecule has 114 valence electrons. The number of aromatic hydroxyl groups is 1. The van der Waals surface area contributed by atoms with Crippen LogP contribution in [-0.4, -0.2) is 21.4 Å². The zero-order valence-corrected chi connectivity index (χ0v) is 13.6. The van der Waals surface area contributed by atoms with E-state index in [2.05, 4.69) is 0 Å². The Kier molecular flexibility index (Phi) is 4.93. The predicted molar refractivity (Wildman–Crippen MR) is 89.7 cm³/mol. The summed E-state index contributed by atoms with van der Waals surface area (Å²) in [5, 5.41) is 9.74. The molecule has 0 heterocycles. The van der Waals surface area contributed by atoms with E-state index in [1.165, 1.54) is 6.08 Å². The van der Waals surface area contributed by atoms with Gasteiger partial charge in [0.1, 0.15) is 5.75 Å². The number of hydrogen-bond acceptors (Lipinski definition) is 3. The summed E-state index contributed by atoms with van der Waals surface area (Å²) in [5.41, 5.74) is 2.98. The van der Waals surface area contributed by atoms with Crippen molar-refractivity contribution >= 4 is 22.7 Å². The molecule has 1 N–H and O–H groups in total. The van der Waals surface area contributed by atoms with Gasteiger partial charge in [0.05, 0.1) is 0 Å². The molecule has 0 amide bonds. The van der Waals surface area contributed by atoms with Gasteiger partial charge in [-0.1, -0.05) is 6.08 Å². The first-order chi connectivity index (χ1) is 10.4. The third-order valence-corrected chi connectivity index (χ3v) is 4.35. The van der Waals surface area contributed by atoms with Crippen LogP contribution in [0.25, 0.3) is 6.08 Å². The summed E-state index contributed by atoms with van der Waals surface area (Å²) in [6.45, 7) is 3.65. The number of ketones is 1. The number of rotatable bonds is 4. The maximum atomic E-state index is 12.1. The summed E-state index contributed by atoms with van der Waals surface area (Å²) in [6.07, 6.45) is 4.84. The number of phenols is 1. The SMILES string of the molecule is Cc1cc(/C=C/C(=O)c2ccc(S(C)=O)cc2)cc(C)c1O. The van der Waals surface area contributed by atoms with Crippen LogP contribution in [0.15, 0.2) is 47.4 Å². The Morgan fingerprint density at radius 1 is 1.09 bits per heavy atom. The fourth-order valence-electron chi connectivity index (χ4n) is 2.16. The number of hydrogen-bond donors (Lipinski definition) is 1. The Bertz CT molecular complexity index is 735. The van der Waals surface area contributed by atoms with Crippen molar-refractivity contribution in [1.82, 2.24) is 0 Å². The third kappa shape index (κ3) is 3.71. The number of benzene rings is 2. The molecule has 22 heavy (non-hydrogen) atoms. The fraction of sp³-hybridized carbons (Fsp3) is 0.167. The monoisotopic (exact) mass is 314 g/mol. The van der Waals surface area contributed by atoms with E-state index in [1.807, 2.05) is 26.0 Å². The molecule has 2 aromatic rings. The minimum atomic E-state index is -1.04. The van der Waals surface area contributed by atoms with Crippen LogP contribution in [-0.2, 0) is 10.8 Å². The molecule has 1 atom stereocenters. The molecule has 0 radical (unpaired) electrons. The van der Waals surface area contributed by atoms with Crippen LogP contribution in [0.3, 0.4) is 0 Å². The van der Waals surface area contributed by atoms with Gasteiger partial charge in [0.15, 0.2) is 5.78 Å². The number of aryl methyl sites for hydroxylation is 2. The Morgan fingerprint density at radius 2 is 1.64 bits per heavy atom. The van der Waals surface area contributed by atoms with Crippen LogP contribution in [0.4, 0.5) is 0 Å². The molecule has 0 saturated heterocycles. The molecule has 0 aromatic heterocycles. The van der Waals surface area contributed by atoms with Gasteiger partial charge in [-0.15, -0.1) is 0 Å². The smallest absolute Gasteiger partial charge is 0.185 e. The van der Waals surface area contributed by atoms with E-state index in [-0.39, 0.29) is 11.5 Å². The molecule has 0 aliphatic rings. The molecule has 4 heteroatoms. The topological polar surface area (TPSA) is 54.4 Å². The van der Waals surface area contributed by atoms with Crippen molar-refractivity contribution in [2.75, 3.05) is 6.26 Å². The van der Waals surface area contributed by atoms with Crippen molar-refractivity contribution in [1.29, 1.82) is 0 Å². The first-order valence-electron chi connectivity index (χ1n) is 6.84. The van der Waals surface area contributed by atoms with Gasteiger partial charge in [-0.05, 0) is 73.0 Å². The molecule has 0 saturated carbocycles. The molecule has 0 bridgehead atoms. The van der Waals surface area contributed by atoms with E-state index in [0.29, 0.717) is 10.5 Å². The first kappa shape index (κ1) is 16.2. The lowest BCUT2D eigenvalue weighted by molar-refractivity contribution is 0.104. The van der Waals surface area contributed by atoms with Gasteiger partial charge >= 0.3 is 0 Å². The average molecular weight is 314 g/mol. The highest BCUT2D eigenvalue weighted by Crippen LogP contribution is 2.23. The second-order valence-electron chi connectivity index (χ2n) is 5.18. The fourth-order valence-corrected chi connectivity index (χ4v) is 2.68. The molecular weight excluding hydrogens is 296 g/mol. The van der Waals surface area contributed by atoms with Crippen molar-refractivity contribution in [3.63, 3.8) is 0 Å². The highest BCUT2D eigenvalue weighted by Gasteiger charge is 2.05. The van der Waals surface area contributed by atoms with Gasteiger partial charge in [-0.25, -0.2) is 0 Å². The average Bonchev–Trinajstić information content (AvgIpc) is 2.50. The molecule has 1 unspecified atom stereocenters. The molecule has 2 rings (SSSR count). The summed E-state index contributed by atoms with van der Waals surface area (Å²) < 4.78 is 11.3. The van der Waals surface area contributed by atoms with E-state index in [9.17, 15) is 14.1 Å². The minimum Gasteiger partial charge on any atom is -0.507 e. The first-order valence-corrected chi connectivity index (χ1v) is 8.40. The Morgan fingerprint density at radius 3 is 2.14 bits per heavy atom. The third-order valence-electron chi connectivity index (χ3n) is 3.41. The van der Waals surface area contributed by atoms with Crippen molar-refractivity contribution < 1.29 is 14.1 Å². The number of phenolic OH excluding ortho intramolecular Hbond substituents is 1. The summed E-state index contributed by atoms with van der Waals surface area (Å²) in [7, 11) is -1.04. The molecule has 2 aromatic carbocycles. The standard InChI is InChI=1S/C18H18O3S/c1-12-10-14(11-13(2)18(12)20)4-9-17(19)15-5-7-16(8-6-15)22(3)21/h4-11,20H,1-3H3/b9-4+. The van der Waals surface area contributed by atoms with Crippen LogP contribution in [0.1, 0.15) is 27.0 Å². The van der Waals surface area contributed by atoms with Crippen molar-refractivity contribution in [2.24, 2.45) is 0 Å². The Hall–Kier alpha value is -2.20. The van der Waals surface area contributed by atoms with Crippen molar-refractivity contribution in [3.05, 3.63) is 64.7 Å². The minimum absolute atomic E-state index is 0.114. The van der Waals surface area contributed by atoms with Gasteiger partial charge in [0, 0.05) is 27.5 Å². The lowest BCUT2D eigenvalue weighted by Gasteiger charge is -2.04. The van der Waals surface area contributed by atoms with E-state index in [0.717, 1.165) is 16.7 Å². The van der Waals surface area contributed by atoms with Gasteiger partial charge < -0.3 is 5.11 Å². The summed E-state index contributed by atoms with van der Waals surface area (Å²) >= 11 is 0. The quantitative estimate of drug-likeness (QED) is 0.692. The van der Waals surface area contributed by atoms with Gasteiger partial charge in [-0.3, -0.25) is 9.00 Å².